The smallest absolute Gasteiger partial charge is 0.179 e. The number of fused-ring (bicyclic) bond motifs is 2. The summed E-state index contributed by atoms with van der Waals surface area (Å²) in [4.78, 5) is 18.5. The lowest BCUT2D eigenvalue weighted by Crippen LogP contribution is -2.38. The maximum atomic E-state index is 13.8. The Morgan fingerprint density at radius 1 is 0.966 bits per heavy atom. The summed E-state index contributed by atoms with van der Waals surface area (Å²) in [5.41, 5.74) is 2.72. The van der Waals surface area contributed by atoms with E-state index in [1.807, 2.05) is 67.6 Å². The van der Waals surface area contributed by atoms with Gasteiger partial charge in [-0.3, -0.25) is 4.79 Å². The van der Waals surface area contributed by atoms with Crippen molar-refractivity contribution in [1.29, 1.82) is 0 Å². The summed E-state index contributed by atoms with van der Waals surface area (Å²) in [6, 6.07) is 19.3. The number of carbonyl (C=O) groups excluding carboxylic acids is 1. The molecule has 0 saturated carbocycles. The summed E-state index contributed by atoms with van der Waals surface area (Å²) in [7, 11) is 0. The van der Waals surface area contributed by atoms with E-state index in [9.17, 15) is 9.90 Å². The molecule has 0 bridgehead atoms. The molecule has 1 aromatic heterocycles. The van der Waals surface area contributed by atoms with Gasteiger partial charge in [0.15, 0.2) is 5.78 Å². The first-order valence-corrected chi connectivity index (χ1v) is 10.1. The van der Waals surface area contributed by atoms with Crippen LogP contribution in [0.2, 0.25) is 0 Å². The van der Waals surface area contributed by atoms with Crippen LogP contribution in [0.5, 0.6) is 0 Å². The van der Waals surface area contributed by atoms with Gasteiger partial charge in [-0.2, -0.15) is 0 Å². The number of hydrogen-bond donors (Lipinski definition) is 1. The predicted molar refractivity (Wildman–Crippen MR) is 119 cm³/mol. The first-order valence-electron chi connectivity index (χ1n) is 10.1. The molecular weight excluding hydrogens is 358 g/mol. The summed E-state index contributed by atoms with van der Waals surface area (Å²) in [5, 5.41) is 12.1. The van der Waals surface area contributed by atoms with Gasteiger partial charge in [-0.1, -0.05) is 69.3 Å². The topological polar surface area (TPSA) is 50.2 Å². The number of aliphatic hydroxyl groups is 1. The van der Waals surface area contributed by atoms with Crippen LogP contribution < -0.4 is 0 Å². The van der Waals surface area contributed by atoms with Crippen molar-refractivity contribution in [2.24, 2.45) is 5.41 Å². The number of rotatable bonds is 3. The second kappa shape index (κ2) is 6.84. The number of Topliss-reactive ketones (excluding diaryl/α,β-unsaturated/α-hetero) is 1. The fourth-order valence-corrected chi connectivity index (χ4v) is 4.13. The first kappa shape index (κ1) is 19.4. The van der Waals surface area contributed by atoms with Gasteiger partial charge in [0, 0.05) is 10.9 Å². The van der Waals surface area contributed by atoms with Gasteiger partial charge in [-0.05, 0) is 42.9 Å². The normalized spacial score (nSPS) is 19.5. The highest BCUT2D eigenvalue weighted by molar-refractivity contribution is 6.32. The van der Waals surface area contributed by atoms with E-state index in [2.05, 4.69) is 20.8 Å². The van der Waals surface area contributed by atoms with Crippen molar-refractivity contribution in [3.63, 3.8) is 0 Å². The minimum atomic E-state index is -0.696. The van der Waals surface area contributed by atoms with Gasteiger partial charge in [-0.15, -0.1) is 0 Å². The molecule has 1 N–H and O–H groups in total. The molecule has 148 valence electrons. The van der Waals surface area contributed by atoms with Crippen molar-refractivity contribution in [1.82, 2.24) is 4.98 Å². The largest absolute Gasteiger partial charge is 0.506 e. The molecule has 1 atom stereocenters. The van der Waals surface area contributed by atoms with Crippen molar-refractivity contribution in [2.45, 2.75) is 46.0 Å². The molecule has 0 unspecified atom stereocenters. The molecular formula is C26H27NO2. The molecule has 1 aliphatic rings. The predicted octanol–water partition coefficient (Wildman–Crippen LogP) is 6.33. The zero-order valence-electron chi connectivity index (χ0n) is 17.5. The summed E-state index contributed by atoms with van der Waals surface area (Å²) < 4.78 is 0. The molecule has 1 aliphatic carbocycles. The van der Waals surface area contributed by atoms with Gasteiger partial charge in [0.2, 0.25) is 0 Å². The van der Waals surface area contributed by atoms with Crippen molar-refractivity contribution < 1.29 is 9.90 Å². The molecule has 2 aromatic carbocycles. The van der Waals surface area contributed by atoms with E-state index in [1.54, 1.807) is 0 Å². The van der Waals surface area contributed by atoms with Crippen molar-refractivity contribution in [3.8, 4) is 0 Å². The van der Waals surface area contributed by atoms with Gasteiger partial charge >= 0.3 is 0 Å². The van der Waals surface area contributed by atoms with E-state index in [1.165, 1.54) is 0 Å². The lowest BCUT2D eigenvalue weighted by Gasteiger charge is -2.37. The number of pyridine rings is 1. The lowest BCUT2D eigenvalue weighted by molar-refractivity contribution is -0.119. The van der Waals surface area contributed by atoms with Crippen molar-refractivity contribution in [2.75, 3.05) is 0 Å². The van der Waals surface area contributed by atoms with Gasteiger partial charge in [0.25, 0.3) is 0 Å². The van der Waals surface area contributed by atoms with E-state index < -0.39 is 5.41 Å². The maximum Gasteiger partial charge on any atom is 0.179 e. The second-order valence-corrected chi connectivity index (χ2v) is 9.38. The van der Waals surface area contributed by atoms with Crippen LogP contribution in [0.3, 0.4) is 0 Å². The Balaban J connectivity index is 1.90. The van der Waals surface area contributed by atoms with E-state index in [-0.39, 0.29) is 17.0 Å². The highest BCUT2D eigenvalue weighted by atomic mass is 16.3. The Hall–Kier alpha value is -2.94. The highest BCUT2D eigenvalue weighted by Gasteiger charge is 2.45. The minimum Gasteiger partial charge on any atom is -0.506 e. The lowest BCUT2D eigenvalue weighted by atomic mass is 9.65. The number of benzene rings is 2. The van der Waals surface area contributed by atoms with Crippen LogP contribution in [0.25, 0.3) is 22.2 Å². The monoisotopic (exact) mass is 385 g/mol. The average Bonchev–Trinajstić information content (AvgIpc) is 2.70. The standard InChI is InChI=1S/C26H27NO2/c1-25(2,3)15-16-26(4)19-11-7-6-10-18(19)23(28)22(24(26)29)21-14-13-17-9-5-8-12-20(17)27-21/h5-14,28H,15-16H2,1-4H3/t26-/m1/s1. The van der Waals surface area contributed by atoms with Crippen LogP contribution in [0.1, 0.15) is 57.4 Å². The number of ketones is 1. The SMILES string of the molecule is CC(C)(C)CC[C@@]1(C)C(=O)C(c2ccc3ccccc3n2)=C(O)c2ccccc21. The van der Waals surface area contributed by atoms with Crippen molar-refractivity contribution in [3.05, 3.63) is 77.5 Å². The quantitative estimate of drug-likeness (QED) is 0.573. The third-order valence-electron chi connectivity index (χ3n) is 5.97. The molecule has 0 spiro atoms. The van der Waals surface area contributed by atoms with Crippen LogP contribution in [0, 0.1) is 5.41 Å². The van der Waals surface area contributed by atoms with Crippen LogP contribution in [0.4, 0.5) is 0 Å². The molecule has 4 rings (SSSR count). The van der Waals surface area contributed by atoms with E-state index in [4.69, 9.17) is 4.98 Å². The second-order valence-electron chi connectivity index (χ2n) is 9.38. The van der Waals surface area contributed by atoms with Gasteiger partial charge in [-0.25, -0.2) is 4.98 Å². The molecule has 1 heterocycles. The Morgan fingerprint density at radius 2 is 1.66 bits per heavy atom. The number of carbonyl (C=O) groups is 1. The summed E-state index contributed by atoms with van der Waals surface area (Å²) in [5.74, 6) is -0.0256. The number of aromatic nitrogens is 1. The Bertz CT molecular complexity index is 1140. The maximum absolute atomic E-state index is 13.8. The molecule has 0 radical (unpaired) electrons. The number of para-hydroxylation sites is 1. The molecule has 3 heteroatoms. The van der Waals surface area contributed by atoms with E-state index in [0.717, 1.165) is 34.9 Å². The number of aliphatic hydroxyl groups excluding tert-OH is 1. The molecule has 3 aromatic rings. The third kappa shape index (κ3) is 3.35. The van der Waals surface area contributed by atoms with Crippen LogP contribution in [-0.2, 0) is 10.2 Å². The molecule has 3 nitrogen and oxygen atoms in total. The van der Waals surface area contributed by atoms with Crippen LogP contribution in [0.15, 0.2) is 60.7 Å². The van der Waals surface area contributed by atoms with Gasteiger partial charge in [0.1, 0.15) is 5.76 Å². The average molecular weight is 386 g/mol. The van der Waals surface area contributed by atoms with Crippen LogP contribution in [-0.4, -0.2) is 15.9 Å². The molecule has 0 saturated heterocycles. The van der Waals surface area contributed by atoms with Gasteiger partial charge < -0.3 is 5.11 Å². The molecule has 29 heavy (non-hydrogen) atoms. The summed E-state index contributed by atoms with van der Waals surface area (Å²) in [6.07, 6.45) is 1.62. The molecule has 0 amide bonds. The number of nitrogens with zero attached hydrogens (tertiary/aromatic N) is 1. The molecule has 0 fully saturated rings. The van der Waals surface area contributed by atoms with Gasteiger partial charge in [0.05, 0.1) is 22.2 Å². The fraction of sp³-hybridized carbons (Fsp3) is 0.308. The highest BCUT2D eigenvalue weighted by Crippen LogP contribution is 2.46. The van der Waals surface area contributed by atoms with E-state index >= 15 is 0 Å². The summed E-state index contributed by atoms with van der Waals surface area (Å²) >= 11 is 0. The minimum absolute atomic E-state index is 0.0293. The third-order valence-corrected chi connectivity index (χ3v) is 5.97. The van der Waals surface area contributed by atoms with Crippen molar-refractivity contribution >= 4 is 28.0 Å². The van der Waals surface area contributed by atoms with Crippen LogP contribution >= 0.6 is 0 Å². The first-order chi connectivity index (χ1) is 13.7. The fourth-order valence-electron chi connectivity index (χ4n) is 4.13. The number of allylic oxidation sites excluding steroid dienone is 1. The Morgan fingerprint density at radius 3 is 2.41 bits per heavy atom. The molecule has 0 aliphatic heterocycles. The van der Waals surface area contributed by atoms with E-state index in [0.29, 0.717) is 11.3 Å². The zero-order valence-corrected chi connectivity index (χ0v) is 17.5. The Kier molecular flexibility index (Phi) is 4.57. The zero-order chi connectivity index (χ0) is 20.8. The Labute approximate surface area is 172 Å². The number of hydrogen-bond acceptors (Lipinski definition) is 3. The summed E-state index contributed by atoms with van der Waals surface area (Å²) in [6.45, 7) is 8.57.